The highest BCUT2D eigenvalue weighted by atomic mass is 35.5. The molecule has 0 spiro atoms. The topological polar surface area (TPSA) is 46.0 Å². The molecule has 0 aliphatic carbocycles. The number of aromatic nitrogens is 2. The molecule has 2 rings (SSSR count). The largest absolute Gasteiger partial charge is 0.387 e. The molecular formula is C13H14ClFN2OS. The predicted molar refractivity (Wildman–Crippen MR) is 74.0 cm³/mol. The maximum Gasteiger partial charge on any atom is 0.126 e. The minimum absolute atomic E-state index is 0.174. The number of benzene rings is 1. The standard InChI is InChI=1S/C13H14ClFN2OS/c1-2-3-11-13(19-17-16-11)12(18)7-8-6-9(14)4-5-10(8)15/h4-6,12,18H,2-3,7H2,1H3. The average Bonchev–Trinajstić information content (AvgIpc) is 2.82. The highest BCUT2D eigenvalue weighted by Crippen LogP contribution is 2.26. The third-order valence-electron chi connectivity index (χ3n) is 2.80. The van der Waals surface area contributed by atoms with Crippen molar-refractivity contribution in [3.05, 3.63) is 45.2 Å². The summed E-state index contributed by atoms with van der Waals surface area (Å²) in [5, 5.41) is 14.7. The number of hydrogen-bond donors (Lipinski definition) is 1. The van der Waals surface area contributed by atoms with Crippen molar-refractivity contribution >= 4 is 23.1 Å². The zero-order valence-electron chi connectivity index (χ0n) is 10.4. The van der Waals surface area contributed by atoms with Gasteiger partial charge in [-0.2, -0.15) is 0 Å². The van der Waals surface area contributed by atoms with Crippen LogP contribution >= 0.6 is 23.1 Å². The third-order valence-corrected chi connectivity index (χ3v) is 3.90. The van der Waals surface area contributed by atoms with E-state index in [1.807, 2.05) is 6.92 Å². The van der Waals surface area contributed by atoms with Gasteiger partial charge in [-0.3, -0.25) is 0 Å². The number of aliphatic hydroxyl groups is 1. The second-order valence-corrected chi connectivity index (χ2v) is 5.51. The van der Waals surface area contributed by atoms with Crippen LogP contribution in [0.2, 0.25) is 5.02 Å². The summed E-state index contributed by atoms with van der Waals surface area (Å²) in [6.45, 7) is 2.03. The molecule has 1 heterocycles. The van der Waals surface area contributed by atoms with Gasteiger partial charge in [0.25, 0.3) is 0 Å². The van der Waals surface area contributed by atoms with Crippen molar-refractivity contribution in [1.82, 2.24) is 9.59 Å². The Morgan fingerprint density at radius 3 is 3.00 bits per heavy atom. The Morgan fingerprint density at radius 1 is 1.47 bits per heavy atom. The van der Waals surface area contributed by atoms with E-state index in [0.29, 0.717) is 15.5 Å². The summed E-state index contributed by atoms with van der Waals surface area (Å²) in [7, 11) is 0. The van der Waals surface area contributed by atoms with Crippen LogP contribution in [0.3, 0.4) is 0 Å². The molecule has 0 fully saturated rings. The lowest BCUT2D eigenvalue weighted by Crippen LogP contribution is -2.05. The van der Waals surface area contributed by atoms with E-state index in [9.17, 15) is 9.50 Å². The molecule has 3 nitrogen and oxygen atoms in total. The normalized spacial score (nSPS) is 12.6. The van der Waals surface area contributed by atoms with Crippen molar-refractivity contribution < 1.29 is 9.50 Å². The Hall–Kier alpha value is -1.04. The molecule has 0 radical (unpaired) electrons. The van der Waals surface area contributed by atoms with Crippen molar-refractivity contribution in [3.8, 4) is 0 Å². The zero-order valence-corrected chi connectivity index (χ0v) is 12.0. The minimum atomic E-state index is -0.797. The van der Waals surface area contributed by atoms with Crippen LogP contribution in [0.25, 0.3) is 0 Å². The summed E-state index contributed by atoms with van der Waals surface area (Å²) >= 11 is 7.00. The van der Waals surface area contributed by atoms with E-state index in [1.165, 1.54) is 18.2 Å². The van der Waals surface area contributed by atoms with Gasteiger partial charge in [0.2, 0.25) is 0 Å². The molecule has 0 saturated heterocycles. The Bertz CT molecular complexity index is 561. The fraction of sp³-hybridized carbons (Fsp3) is 0.385. The number of aryl methyl sites for hydroxylation is 1. The first-order valence-electron chi connectivity index (χ1n) is 6.05. The molecule has 1 aromatic carbocycles. The van der Waals surface area contributed by atoms with Crippen LogP contribution in [0.15, 0.2) is 18.2 Å². The third kappa shape index (κ3) is 3.49. The molecule has 0 aliphatic rings. The summed E-state index contributed by atoms with van der Waals surface area (Å²) < 4.78 is 17.5. The lowest BCUT2D eigenvalue weighted by molar-refractivity contribution is 0.179. The van der Waals surface area contributed by atoms with Crippen LogP contribution in [-0.4, -0.2) is 14.7 Å². The molecule has 0 amide bonds. The van der Waals surface area contributed by atoms with E-state index < -0.39 is 6.10 Å². The lowest BCUT2D eigenvalue weighted by Gasteiger charge is -2.10. The summed E-state index contributed by atoms with van der Waals surface area (Å²) in [6.07, 6.45) is 1.07. The molecule has 1 aromatic heterocycles. The van der Waals surface area contributed by atoms with Gasteiger partial charge in [0.15, 0.2) is 0 Å². The first kappa shape index (κ1) is 14.4. The second-order valence-electron chi connectivity index (χ2n) is 4.29. The van der Waals surface area contributed by atoms with E-state index in [2.05, 4.69) is 9.59 Å². The zero-order chi connectivity index (χ0) is 13.8. The fourth-order valence-electron chi connectivity index (χ4n) is 1.88. The molecule has 1 atom stereocenters. The summed E-state index contributed by atoms with van der Waals surface area (Å²) in [5.74, 6) is -0.363. The van der Waals surface area contributed by atoms with Gasteiger partial charge >= 0.3 is 0 Å². The van der Waals surface area contributed by atoms with Gasteiger partial charge in [-0.05, 0) is 41.7 Å². The summed E-state index contributed by atoms with van der Waals surface area (Å²) in [4.78, 5) is 0.709. The first-order chi connectivity index (χ1) is 9.11. The minimum Gasteiger partial charge on any atom is -0.387 e. The highest BCUT2D eigenvalue weighted by molar-refractivity contribution is 7.05. The van der Waals surface area contributed by atoms with Crippen molar-refractivity contribution in [1.29, 1.82) is 0 Å². The molecule has 102 valence electrons. The van der Waals surface area contributed by atoms with Gasteiger partial charge in [-0.25, -0.2) is 4.39 Å². The van der Waals surface area contributed by atoms with Crippen LogP contribution < -0.4 is 0 Å². The Morgan fingerprint density at radius 2 is 2.26 bits per heavy atom. The molecule has 1 unspecified atom stereocenters. The Balaban J connectivity index is 2.18. The monoisotopic (exact) mass is 300 g/mol. The van der Waals surface area contributed by atoms with Gasteiger partial charge in [-0.15, -0.1) is 5.10 Å². The smallest absolute Gasteiger partial charge is 0.126 e. The van der Waals surface area contributed by atoms with Crippen molar-refractivity contribution in [3.63, 3.8) is 0 Å². The molecule has 19 heavy (non-hydrogen) atoms. The maximum absolute atomic E-state index is 13.6. The quantitative estimate of drug-likeness (QED) is 0.918. The maximum atomic E-state index is 13.6. The number of nitrogens with zero attached hydrogens (tertiary/aromatic N) is 2. The number of rotatable bonds is 5. The Kier molecular flexibility index (Phi) is 4.85. The van der Waals surface area contributed by atoms with Crippen LogP contribution in [0.4, 0.5) is 4.39 Å². The summed E-state index contributed by atoms with van der Waals surface area (Å²) in [5.41, 5.74) is 1.19. The molecule has 6 heteroatoms. The van der Waals surface area contributed by atoms with E-state index in [0.717, 1.165) is 30.1 Å². The molecule has 0 bridgehead atoms. The van der Waals surface area contributed by atoms with Crippen LogP contribution in [0.1, 0.15) is 35.6 Å². The SMILES string of the molecule is CCCc1nnsc1C(O)Cc1cc(Cl)ccc1F. The number of halogens is 2. The Labute approximate surface area is 120 Å². The molecule has 0 aliphatic heterocycles. The number of hydrogen-bond acceptors (Lipinski definition) is 4. The molecule has 2 aromatic rings. The van der Waals surface area contributed by atoms with E-state index in [4.69, 9.17) is 11.6 Å². The fourth-order valence-corrected chi connectivity index (χ4v) is 2.75. The van der Waals surface area contributed by atoms with Crippen LogP contribution in [0.5, 0.6) is 0 Å². The highest BCUT2D eigenvalue weighted by Gasteiger charge is 2.18. The van der Waals surface area contributed by atoms with Crippen molar-refractivity contribution in [2.24, 2.45) is 0 Å². The van der Waals surface area contributed by atoms with Crippen LogP contribution in [0, 0.1) is 5.82 Å². The lowest BCUT2D eigenvalue weighted by atomic mass is 10.0. The molecule has 1 N–H and O–H groups in total. The van der Waals surface area contributed by atoms with Gasteiger partial charge in [0.1, 0.15) is 5.82 Å². The molecular weight excluding hydrogens is 287 g/mol. The van der Waals surface area contributed by atoms with Crippen molar-refractivity contribution in [2.75, 3.05) is 0 Å². The van der Waals surface area contributed by atoms with Crippen molar-refractivity contribution in [2.45, 2.75) is 32.3 Å². The van der Waals surface area contributed by atoms with E-state index >= 15 is 0 Å². The van der Waals surface area contributed by atoms with Gasteiger partial charge in [0.05, 0.1) is 16.7 Å². The van der Waals surface area contributed by atoms with E-state index in [1.54, 1.807) is 0 Å². The van der Waals surface area contributed by atoms with Crippen LogP contribution in [-0.2, 0) is 12.8 Å². The van der Waals surface area contributed by atoms with E-state index in [-0.39, 0.29) is 12.2 Å². The van der Waals surface area contributed by atoms with Gasteiger partial charge in [0, 0.05) is 11.4 Å². The average molecular weight is 301 g/mol. The second kappa shape index (κ2) is 6.41. The van der Waals surface area contributed by atoms with Gasteiger partial charge in [-0.1, -0.05) is 29.4 Å². The first-order valence-corrected chi connectivity index (χ1v) is 7.20. The molecule has 0 saturated carbocycles. The summed E-state index contributed by atoms with van der Waals surface area (Å²) in [6, 6.07) is 4.33. The van der Waals surface area contributed by atoms with Gasteiger partial charge < -0.3 is 5.11 Å². The number of aliphatic hydroxyl groups excluding tert-OH is 1. The predicted octanol–water partition coefficient (Wildman–Crippen LogP) is 3.56.